The van der Waals surface area contributed by atoms with E-state index >= 15 is 0 Å². The summed E-state index contributed by atoms with van der Waals surface area (Å²) in [5.41, 5.74) is 4.85. The van der Waals surface area contributed by atoms with Crippen LogP contribution in [0.1, 0.15) is 28.4 Å². The van der Waals surface area contributed by atoms with Gasteiger partial charge < -0.3 is 15.0 Å². The molecule has 0 aromatic heterocycles. The molecule has 0 bridgehead atoms. The number of anilines is 1. The number of benzene rings is 3. The van der Waals surface area contributed by atoms with Gasteiger partial charge in [0.05, 0.1) is 12.7 Å². The molecule has 1 fully saturated rings. The van der Waals surface area contributed by atoms with E-state index in [4.69, 9.17) is 4.74 Å². The zero-order valence-corrected chi connectivity index (χ0v) is 18.7. The number of ether oxygens (including phenoxy) is 1. The number of Topliss-reactive ketones (excluding diaryl/α,β-unsaturated/α-hetero) is 1. The summed E-state index contributed by atoms with van der Waals surface area (Å²) in [5.74, 6) is 0.0473. The van der Waals surface area contributed by atoms with Crippen molar-refractivity contribution in [1.29, 1.82) is 0 Å². The largest absolute Gasteiger partial charge is 0.496 e. The molecule has 1 saturated heterocycles. The van der Waals surface area contributed by atoms with Crippen molar-refractivity contribution in [3.05, 3.63) is 83.2 Å². The lowest BCUT2D eigenvalue weighted by Crippen LogP contribution is -2.43. The minimum absolute atomic E-state index is 0.00418. The maximum Gasteiger partial charge on any atom is 0.167 e. The highest BCUT2D eigenvalue weighted by atomic mass is 19.1. The second kappa shape index (κ2) is 9.96. The monoisotopic (exact) mass is 432 g/mol. The van der Waals surface area contributed by atoms with E-state index in [0.29, 0.717) is 22.4 Å². The number of aryl methyl sites for hydroxylation is 1. The first-order chi connectivity index (χ1) is 15.6. The molecule has 0 aliphatic carbocycles. The van der Waals surface area contributed by atoms with Crippen molar-refractivity contribution >= 4 is 11.5 Å². The third-order valence-corrected chi connectivity index (χ3v) is 6.05. The molecule has 1 N–H and O–H groups in total. The number of carbonyl (C=O) groups excluding carboxylic acids is 1. The van der Waals surface area contributed by atoms with E-state index in [0.717, 1.165) is 38.2 Å². The van der Waals surface area contributed by atoms with Crippen molar-refractivity contribution in [3.63, 3.8) is 0 Å². The standard InChI is InChI=1S/C27H29FN2O2/c1-3-19-17-21(10-12-24(19)30-15-13-29-14-16-30)25(31)18-22-9-11-23(28)26(27(22)32-2)20-7-5-4-6-8-20/h4-12,17,29H,3,13-16,18H2,1-2H3. The van der Waals surface area contributed by atoms with Gasteiger partial charge in [-0.1, -0.05) is 43.3 Å². The van der Waals surface area contributed by atoms with Crippen molar-refractivity contribution < 1.29 is 13.9 Å². The van der Waals surface area contributed by atoms with Crippen LogP contribution in [0.2, 0.25) is 0 Å². The molecule has 32 heavy (non-hydrogen) atoms. The summed E-state index contributed by atoms with van der Waals surface area (Å²) in [7, 11) is 1.52. The normalized spacial score (nSPS) is 13.8. The molecule has 166 valence electrons. The fraction of sp³-hybridized carbons (Fsp3) is 0.296. The van der Waals surface area contributed by atoms with E-state index in [1.165, 1.54) is 24.4 Å². The van der Waals surface area contributed by atoms with Crippen LogP contribution in [0.5, 0.6) is 5.75 Å². The molecular weight excluding hydrogens is 403 g/mol. The first kappa shape index (κ1) is 22.0. The Bertz CT molecular complexity index is 1090. The van der Waals surface area contributed by atoms with Gasteiger partial charge in [0.15, 0.2) is 5.78 Å². The van der Waals surface area contributed by atoms with Crippen molar-refractivity contribution in [2.45, 2.75) is 19.8 Å². The predicted molar refractivity (Wildman–Crippen MR) is 127 cm³/mol. The van der Waals surface area contributed by atoms with E-state index in [-0.39, 0.29) is 18.0 Å². The second-order valence-electron chi connectivity index (χ2n) is 8.01. The minimum atomic E-state index is -0.363. The van der Waals surface area contributed by atoms with Crippen LogP contribution in [0.15, 0.2) is 60.7 Å². The van der Waals surface area contributed by atoms with Crippen LogP contribution in [0, 0.1) is 5.82 Å². The summed E-state index contributed by atoms with van der Waals surface area (Å²) in [5, 5.41) is 3.38. The number of piperazine rings is 1. The van der Waals surface area contributed by atoms with Gasteiger partial charge in [0.1, 0.15) is 11.6 Å². The average Bonchev–Trinajstić information content (AvgIpc) is 2.85. The number of nitrogens with zero attached hydrogens (tertiary/aromatic N) is 1. The van der Waals surface area contributed by atoms with E-state index in [1.54, 1.807) is 6.07 Å². The van der Waals surface area contributed by atoms with Gasteiger partial charge in [0, 0.05) is 49.4 Å². The van der Waals surface area contributed by atoms with E-state index < -0.39 is 0 Å². The Morgan fingerprint density at radius 2 is 1.78 bits per heavy atom. The van der Waals surface area contributed by atoms with Gasteiger partial charge in [-0.25, -0.2) is 4.39 Å². The Hall–Kier alpha value is -3.18. The molecule has 0 saturated carbocycles. The van der Waals surface area contributed by atoms with Crippen LogP contribution in [-0.2, 0) is 12.8 Å². The highest BCUT2D eigenvalue weighted by molar-refractivity contribution is 5.98. The van der Waals surface area contributed by atoms with Gasteiger partial charge >= 0.3 is 0 Å². The quantitative estimate of drug-likeness (QED) is 0.540. The van der Waals surface area contributed by atoms with Crippen LogP contribution >= 0.6 is 0 Å². The van der Waals surface area contributed by atoms with Gasteiger partial charge in [-0.3, -0.25) is 4.79 Å². The lowest BCUT2D eigenvalue weighted by atomic mass is 9.95. The number of methoxy groups -OCH3 is 1. The van der Waals surface area contributed by atoms with Crippen LogP contribution in [0.4, 0.5) is 10.1 Å². The first-order valence-corrected chi connectivity index (χ1v) is 11.1. The molecule has 1 aliphatic heterocycles. The summed E-state index contributed by atoms with van der Waals surface area (Å²) < 4.78 is 20.3. The Labute approximate surface area is 189 Å². The minimum Gasteiger partial charge on any atom is -0.496 e. The smallest absolute Gasteiger partial charge is 0.167 e. The molecular formula is C27H29FN2O2. The molecule has 4 nitrogen and oxygen atoms in total. The number of rotatable bonds is 7. The first-order valence-electron chi connectivity index (χ1n) is 11.1. The Kier molecular flexibility index (Phi) is 6.86. The highest BCUT2D eigenvalue weighted by Gasteiger charge is 2.20. The van der Waals surface area contributed by atoms with E-state index in [1.807, 2.05) is 42.5 Å². The summed E-state index contributed by atoms with van der Waals surface area (Å²) >= 11 is 0. The molecule has 0 atom stereocenters. The molecule has 5 heteroatoms. The maximum atomic E-state index is 14.7. The van der Waals surface area contributed by atoms with Crippen LogP contribution < -0.4 is 15.0 Å². The summed E-state index contributed by atoms with van der Waals surface area (Å²) in [6, 6.07) is 18.3. The van der Waals surface area contributed by atoms with Crippen molar-refractivity contribution in [3.8, 4) is 16.9 Å². The van der Waals surface area contributed by atoms with Crippen LogP contribution in [0.3, 0.4) is 0 Å². The van der Waals surface area contributed by atoms with Crippen LogP contribution in [-0.4, -0.2) is 39.1 Å². The molecule has 1 aliphatic rings. The summed E-state index contributed by atoms with van der Waals surface area (Å²) in [6.07, 6.45) is 1.01. The lowest BCUT2D eigenvalue weighted by Gasteiger charge is -2.31. The number of hydrogen-bond acceptors (Lipinski definition) is 4. The average molecular weight is 433 g/mol. The van der Waals surface area contributed by atoms with Gasteiger partial charge in [0.25, 0.3) is 0 Å². The summed E-state index contributed by atoms with van der Waals surface area (Å²) in [4.78, 5) is 15.6. The number of hydrogen-bond donors (Lipinski definition) is 1. The third-order valence-electron chi connectivity index (χ3n) is 6.05. The van der Waals surface area contributed by atoms with Gasteiger partial charge in [-0.15, -0.1) is 0 Å². The fourth-order valence-corrected chi connectivity index (χ4v) is 4.38. The van der Waals surface area contributed by atoms with E-state index in [9.17, 15) is 9.18 Å². The zero-order chi connectivity index (χ0) is 22.5. The number of ketones is 1. The van der Waals surface area contributed by atoms with Crippen LogP contribution in [0.25, 0.3) is 11.1 Å². The number of nitrogens with one attached hydrogen (secondary N) is 1. The molecule has 3 aromatic rings. The molecule has 1 heterocycles. The topological polar surface area (TPSA) is 41.6 Å². The van der Waals surface area contributed by atoms with Crippen molar-refractivity contribution in [1.82, 2.24) is 5.32 Å². The molecule has 0 radical (unpaired) electrons. The fourth-order valence-electron chi connectivity index (χ4n) is 4.38. The molecule has 0 spiro atoms. The number of halogens is 1. The molecule has 0 unspecified atom stereocenters. The highest BCUT2D eigenvalue weighted by Crippen LogP contribution is 2.36. The molecule has 4 rings (SSSR count). The van der Waals surface area contributed by atoms with Gasteiger partial charge in [-0.2, -0.15) is 0 Å². The SMILES string of the molecule is CCc1cc(C(=O)Cc2ccc(F)c(-c3ccccc3)c2OC)ccc1N1CCNCC1. The predicted octanol–water partition coefficient (Wildman–Crippen LogP) is 4.90. The third kappa shape index (κ3) is 4.53. The van der Waals surface area contributed by atoms with Crippen molar-refractivity contribution in [2.24, 2.45) is 0 Å². The van der Waals surface area contributed by atoms with Gasteiger partial charge in [0.2, 0.25) is 0 Å². The second-order valence-corrected chi connectivity index (χ2v) is 8.01. The molecule has 3 aromatic carbocycles. The maximum absolute atomic E-state index is 14.7. The lowest BCUT2D eigenvalue weighted by molar-refractivity contribution is 0.0992. The number of carbonyl (C=O) groups is 1. The van der Waals surface area contributed by atoms with E-state index in [2.05, 4.69) is 23.2 Å². The Balaban J connectivity index is 1.63. The van der Waals surface area contributed by atoms with Gasteiger partial charge in [-0.05, 0) is 41.8 Å². The Morgan fingerprint density at radius 3 is 2.47 bits per heavy atom. The zero-order valence-electron chi connectivity index (χ0n) is 18.7. The Morgan fingerprint density at radius 1 is 1.03 bits per heavy atom. The van der Waals surface area contributed by atoms with Crippen molar-refractivity contribution in [2.75, 3.05) is 38.2 Å². The molecule has 0 amide bonds. The summed E-state index contributed by atoms with van der Waals surface area (Å²) in [6.45, 7) is 5.99.